The molecular weight excluding hydrogens is 512 g/mol. The number of nitrogens with zero attached hydrogens (tertiary/aromatic N) is 6. The van der Waals surface area contributed by atoms with Crippen molar-refractivity contribution in [2.45, 2.75) is 25.8 Å². The fourth-order valence-electron chi connectivity index (χ4n) is 4.86. The molecule has 0 bridgehead atoms. The van der Waals surface area contributed by atoms with Crippen molar-refractivity contribution in [3.63, 3.8) is 0 Å². The summed E-state index contributed by atoms with van der Waals surface area (Å²) in [4.78, 5) is 52.0. The molecule has 1 unspecified atom stereocenters. The Bertz CT molecular complexity index is 1300. The van der Waals surface area contributed by atoms with Gasteiger partial charge in [0.05, 0.1) is 24.4 Å². The second-order valence-corrected chi connectivity index (χ2v) is 10.7. The molecule has 2 aromatic rings. The van der Waals surface area contributed by atoms with Crippen molar-refractivity contribution in [1.29, 1.82) is 5.26 Å². The molecule has 2 aliphatic heterocycles. The van der Waals surface area contributed by atoms with Crippen molar-refractivity contribution in [1.82, 2.24) is 19.8 Å². The molecule has 2 N–H and O–H groups in total. The molecule has 5 rings (SSSR count). The van der Waals surface area contributed by atoms with Gasteiger partial charge in [-0.05, 0) is 38.3 Å². The average molecular weight is 547 g/mol. The van der Waals surface area contributed by atoms with Crippen LogP contribution in [0.25, 0.3) is 0 Å². The van der Waals surface area contributed by atoms with E-state index in [0.717, 1.165) is 19.5 Å². The van der Waals surface area contributed by atoms with Crippen LogP contribution >= 0.6 is 0 Å². The molecule has 3 amide bonds. The number of pyridine rings is 2. The van der Waals surface area contributed by atoms with Crippen LogP contribution in [0.5, 0.6) is 0 Å². The van der Waals surface area contributed by atoms with E-state index in [2.05, 4.69) is 26.7 Å². The number of urea groups is 1. The van der Waals surface area contributed by atoms with Gasteiger partial charge in [0.2, 0.25) is 5.91 Å². The Morgan fingerprint density at radius 3 is 2.83 bits per heavy atom. The number of hydrogen-bond donors (Lipinski definition) is 2. The lowest BCUT2D eigenvalue weighted by atomic mass is 10.1. The Morgan fingerprint density at radius 1 is 1.27 bits per heavy atom. The molecule has 40 heavy (non-hydrogen) atoms. The lowest BCUT2D eigenvalue weighted by Crippen LogP contribution is -2.48. The standard InChI is InChI=1S/C28H34N8O4/c1-34-7-8-35(27(38)16-34)15-21-4-5-26(32-24(21)17-37)36(14-20-6-9-40-18-20)28(39)33-25-10-23(22(11-29)13-31-25)30-12-19-2-3-19/h4-5,10,13,17,19-20H,2-3,6-9,12,14-16,18H2,1H3,(H2,30,31,33,39). The highest BCUT2D eigenvalue weighted by Gasteiger charge is 2.27. The predicted molar refractivity (Wildman–Crippen MR) is 148 cm³/mol. The monoisotopic (exact) mass is 546 g/mol. The van der Waals surface area contributed by atoms with E-state index in [1.165, 1.54) is 23.9 Å². The Morgan fingerprint density at radius 2 is 2.12 bits per heavy atom. The summed E-state index contributed by atoms with van der Waals surface area (Å²) in [6, 6.07) is 6.80. The van der Waals surface area contributed by atoms with E-state index in [9.17, 15) is 19.6 Å². The van der Waals surface area contributed by atoms with Gasteiger partial charge >= 0.3 is 6.03 Å². The number of aromatic nitrogens is 2. The second-order valence-electron chi connectivity index (χ2n) is 10.7. The van der Waals surface area contributed by atoms with Gasteiger partial charge in [0.1, 0.15) is 23.4 Å². The fourth-order valence-corrected chi connectivity index (χ4v) is 4.86. The third-order valence-corrected chi connectivity index (χ3v) is 7.50. The van der Waals surface area contributed by atoms with Crippen LogP contribution in [0.1, 0.15) is 40.9 Å². The number of carbonyl (C=O) groups is 3. The minimum absolute atomic E-state index is 0.00202. The van der Waals surface area contributed by atoms with Crippen LogP contribution in [0.15, 0.2) is 24.4 Å². The molecule has 1 aliphatic carbocycles. The first kappa shape index (κ1) is 27.5. The molecule has 1 saturated carbocycles. The van der Waals surface area contributed by atoms with Crippen LogP contribution in [-0.4, -0.2) is 91.0 Å². The van der Waals surface area contributed by atoms with Gasteiger partial charge in [0.15, 0.2) is 6.29 Å². The zero-order chi connectivity index (χ0) is 28.1. The van der Waals surface area contributed by atoms with Gasteiger partial charge < -0.3 is 15.0 Å². The minimum Gasteiger partial charge on any atom is -0.384 e. The molecule has 0 spiro atoms. The molecule has 1 atom stereocenters. The van der Waals surface area contributed by atoms with E-state index in [1.54, 1.807) is 23.1 Å². The third kappa shape index (κ3) is 6.73. The summed E-state index contributed by atoms with van der Waals surface area (Å²) in [6.07, 6.45) is 5.25. The van der Waals surface area contributed by atoms with Crippen molar-refractivity contribution in [2.75, 3.05) is 68.5 Å². The van der Waals surface area contributed by atoms with Crippen molar-refractivity contribution in [2.24, 2.45) is 11.8 Å². The van der Waals surface area contributed by atoms with E-state index < -0.39 is 6.03 Å². The van der Waals surface area contributed by atoms with E-state index >= 15 is 0 Å². The summed E-state index contributed by atoms with van der Waals surface area (Å²) in [6.45, 7) is 4.20. The van der Waals surface area contributed by atoms with Gasteiger partial charge in [-0.1, -0.05) is 6.07 Å². The highest BCUT2D eigenvalue weighted by molar-refractivity contribution is 6.01. The van der Waals surface area contributed by atoms with Gasteiger partial charge in [0, 0.05) is 63.1 Å². The summed E-state index contributed by atoms with van der Waals surface area (Å²) in [5, 5.41) is 15.6. The smallest absolute Gasteiger partial charge is 0.328 e. The number of amides is 3. The van der Waals surface area contributed by atoms with Crippen LogP contribution in [0.4, 0.5) is 22.1 Å². The Balaban J connectivity index is 1.35. The minimum atomic E-state index is -0.455. The highest BCUT2D eigenvalue weighted by Crippen LogP contribution is 2.30. The number of likely N-dealkylation sites (N-methyl/N-ethyl adjacent to an activating group) is 1. The molecule has 3 aliphatic rings. The van der Waals surface area contributed by atoms with Crippen LogP contribution in [0.2, 0.25) is 0 Å². The largest absolute Gasteiger partial charge is 0.384 e. The number of rotatable bonds is 10. The number of anilines is 3. The normalized spacial score (nSPS) is 19.2. The van der Waals surface area contributed by atoms with Gasteiger partial charge in [-0.2, -0.15) is 5.26 Å². The van der Waals surface area contributed by atoms with E-state index in [-0.39, 0.29) is 24.1 Å². The second kappa shape index (κ2) is 12.4. The topological polar surface area (TPSA) is 144 Å². The number of carbonyl (C=O) groups excluding carboxylic acids is 3. The molecule has 210 valence electrons. The van der Waals surface area contributed by atoms with Crippen molar-refractivity contribution < 1.29 is 19.1 Å². The summed E-state index contributed by atoms with van der Waals surface area (Å²) in [5.74, 6) is 1.34. The molecule has 2 saturated heterocycles. The summed E-state index contributed by atoms with van der Waals surface area (Å²) >= 11 is 0. The summed E-state index contributed by atoms with van der Waals surface area (Å²) in [7, 11) is 1.90. The van der Waals surface area contributed by atoms with Gasteiger partial charge in [-0.15, -0.1) is 0 Å². The number of nitrogens with one attached hydrogen (secondary N) is 2. The van der Waals surface area contributed by atoms with Crippen LogP contribution in [-0.2, 0) is 16.1 Å². The summed E-state index contributed by atoms with van der Waals surface area (Å²) < 4.78 is 5.52. The van der Waals surface area contributed by atoms with E-state index in [1.807, 2.05) is 11.9 Å². The lowest BCUT2D eigenvalue weighted by Gasteiger charge is -2.32. The number of aldehydes is 1. The molecular formula is C28H34N8O4. The Kier molecular flexibility index (Phi) is 8.52. The molecule has 4 heterocycles. The van der Waals surface area contributed by atoms with E-state index in [0.29, 0.717) is 73.5 Å². The highest BCUT2D eigenvalue weighted by atomic mass is 16.5. The maximum absolute atomic E-state index is 13.6. The molecule has 2 aromatic heterocycles. The lowest BCUT2D eigenvalue weighted by molar-refractivity contribution is -0.136. The maximum Gasteiger partial charge on any atom is 0.328 e. The predicted octanol–water partition coefficient (Wildman–Crippen LogP) is 2.33. The number of ether oxygens (including phenoxy) is 1. The average Bonchev–Trinajstić information content (AvgIpc) is 3.64. The SMILES string of the molecule is CN1CCN(Cc2ccc(N(CC3CCOC3)C(=O)Nc3cc(NCC4CC4)c(C#N)cn3)nc2C=O)C(=O)C1. The van der Waals surface area contributed by atoms with Gasteiger partial charge in [-0.3, -0.25) is 24.7 Å². The fraction of sp³-hybridized carbons (Fsp3) is 0.500. The molecule has 12 nitrogen and oxygen atoms in total. The number of nitriles is 1. The van der Waals surface area contributed by atoms with Crippen LogP contribution in [0.3, 0.4) is 0 Å². The van der Waals surface area contributed by atoms with Crippen molar-refractivity contribution in [3.8, 4) is 6.07 Å². The van der Waals surface area contributed by atoms with Crippen LogP contribution < -0.4 is 15.5 Å². The summed E-state index contributed by atoms with van der Waals surface area (Å²) in [5.41, 5.74) is 1.85. The number of hydrogen-bond acceptors (Lipinski definition) is 9. The zero-order valence-corrected chi connectivity index (χ0v) is 22.6. The van der Waals surface area contributed by atoms with Gasteiger partial charge in [-0.25, -0.2) is 14.8 Å². The van der Waals surface area contributed by atoms with Gasteiger partial charge in [0.25, 0.3) is 0 Å². The molecule has 12 heteroatoms. The third-order valence-electron chi connectivity index (χ3n) is 7.50. The zero-order valence-electron chi connectivity index (χ0n) is 22.6. The molecule has 0 radical (unpaired) electrons. The Hall–Kier alpha value is -4.08. The molecule has 3 fully saturated rings. The molecule has 0 aromatic carbocycles. The number of piperazine rings is 1. The first-order chi connectivity index (χ1) is 19.4. The van der Waals surface area contributed by atoms with Crippen LogP contribution in [0, 0.1) is 23.2 Å². The first-order valence-electron chi connectivity index (χ1n) is 13.6. The first-order valence-corrected chi connectivity index (χ1v) is 13.6. The quantitative estimate of drug-likeness (QED) is 0.429. The van der Waals surface area contributed by atoms with Crippen molar-refractivity contribution in [3.05, 3.63) is 41.2 Å². The Labute approximate surface area is 233 Å². The maximum atomic E-state index is 13.6. The van der Waals surface area contributed by atoms with Crippen molar-refractivity contribution >= 4 is 35.5 Å². The van der Waals surface area contributed by atoms with E-state index in [4.69, 9.17) is 4.74 Å².